The minimum Gasteiger partial charge on any atom is -0.461 e. The van der Waals surface area contributed by atoms with E-state index in [4.69, 9.17) is 4.74 Å². The zero-order valence-electron chi connectivity index (χ0n) is 17.4. The van der Waals surface area contributed by atoms with Crippen molar-refractivity contribution in [3.63, 3.8) is 0 Å². The SMILES string of the molecule is CCOC(=O)c1nn(CC(C)C)c2c1CN(C(=O)CCC1=NNC(=O)CC1)CC2. The van der Waals surface area contributed by atoms with Crippen molar-refractivity contribution >= 4 is 23.5 Å². The molecule has 0 saturated carbocycles. The summed E-state index contributed by atoms with van der Waals surface area (Å²) >= 11 is 0. The van der Waals surface area contributed by atoms with Crippen LogP contribution in [0.15, 0.2) is 5.10 Å². The summed E-state index contributed by atoms with van der Waals surface area (Å²) in [6.45, 7) is 7.94. The maximum atomic E-state index is 12.7. The second-order valence-electron chi connectivity index (χ2n) is 7.85. The van der Waals surface area contributed by atoms with Gasteiger partial charge in [0.25, 0.3) is 0 Å². The van der Waals surface area contributed by atoms with E-state index in [1.165, 1.54) is 0 Å². The molecule has 1 aromatic rings. The lowest BCUT2D eigenvalue weighted by Crippen LogP contribution is -2.37. The maximum absolute atomic E-state index is 12.7. The van der Waals surface area contributed by atoms with Crippen LogP contribution in [-0.4, -0.2) is 51.3 Å². The molecule has 158 valence electrons. The summed E-state index contributed by atoms with van der Waals surface area (Å²) in [4.78, 5) is 38.1. The van der Waals surface area contributed by atoms with E-state index in [1.54, 1.807) is 11.8 Å². The molecule has 0 aromatic carbocycles. The Hall–Kier alpha value is -2.71. The lowest BCUT2D eigenvalue weighted by molar-refractivity contribution is -0.132. The van der Waals surface area contributed by atoms with Crippen molar-refractivity contribution in [3.05, 3.63) is 17.0 Å². The fourth-order valence-corrected chi connectivity index (χ4v) is 3.67. The van der Waals surface area contributed by atoms with Crippen LogP contribution in [0.25, 0.3) is 0 Å². The van der Waals surface area contributed by atoms with Gasteiger partial charge in [0.05, 0.1) is 6.61 Å². The Balaban J connectivity index is 1.71. The first kappa shape index (κ1) is 21.0. The van der Waals surface area contributed by atoms with Crippen molar-refractivity contribution in [1.82, 2.24) is 20.1 Å². The zero-order chi connectivity index (χ0) is 21.0. The van der Waals surface area contributed by atoms with Crippen LogP contribution in [0, 0.1) is 5.92 Å². The van der Waals surface area contributed by atoms with Gasteiger partial charge in [0.2, 0.25) is 11.8 Å². The van der Waals surface area contributed by atoms with E-state index in [9.17, 15) is 14.4 Å². The third-order valence-electron chi connectivity index (χ3n) is 5.10. The van der Waals surface area contributed by atoms with Gasteiger partial charge >= 0.3 is 5.97 Å². The highest BCUT2D eigenvalue weighted by Gasteiger charge is 2.30. The topological polar surface area (TPSA) is 106 Å². The quantitative estimate of drug-likeness (QED) is 0.697. The number of fused-ring (bicyclic) bond motifs is 1. The van der Waals surface area contributed by atoms with Gasteiger partial charge in [-0.2, -0.15) is 10.2 Å². The molecule has 0 atom stereocenters. The van der Waals surface area contributed by atoms with E-state index < -0.39 is 5.97 Å². The Morgan fingerprint density at radius 1 is 1.24 bits per heavy atom. The summed E-state index contributed by atoms with van der Waals surface area (Å²) in [6.07, 6.45) is 2.53. The molecule has 9 nitrogen and oxygen atoms in total. The summed E-state index contributed by atoms with van der Waals surface area (Å²) in [5, 5.41) is 8.54. The normalized spacial score (nSPS) is 16.3. The Kier molecular flexibility index (Phi) is 6.66. The highest BCUT2D eigenvalue weighted by molar-refractivity contribution is 5.94. The summed E-state index contributed by atoms with van der Waals surface area (Å²) in [6, 6.07) is 0. The van der Waals surface area contributed by atoms with Crippen molar-refractivity contribution in [2.75, 3.05) is 13.2 Å². The predicted octanol–water partition coefficient (Wildman–Crippen LogP) is 1.65. The van der Waals surface area contributed by atoms with Crippen LogP contribution < -0.4 is 5.43 Å². The van der Waals surface area contributed by atoms with E-state index in [0.717, 1.165) is 23.5 Å². The van der Waals surface area contributed by atoms with Crippen molar-refractivity contribution in [2.45, 2.75) is 66.0 Å². The molecule has 3 rings (SSSR count). The zero-order valence-corrected chi connectivity index (χ0v) is 17.4. The minimum atomic E-state index is -0.437. The van der Waals surface area contributed by atoms with Gasteiger partial charge in [0.15, 0.2) is 5.69 Å². The summed E-state index contributed by atoms with van der Waals surface area (Å²) < 4.78 is 7.07. The Morgan fingerprint density at radius 3 is 2.69 bits per heavy atom. The largest absolute Gasteiger partial charge is 0.461 e. The van der Waals surface area contributed by atoms with Gasteiger partial charge in [-0.3, -0.25) is 14.3 Å². The number of hydrogen-bond donors (Lipinski definition) is 1. The molecular weight excluding hydrogens is 374 g/mol. The second-order valence-corrected chi connectivity index (χ2v) is 7.85. The first-order valence-corrected chi connectivity index (χ1v) is 10.3. The van der Waals surface area contributed by atoms with Crippen LogP contribution in [0.1, 0.15) is 68.2 Å². The molecule has 0 fully saturated rings. The number of hydrazone groups is 1. The highest BCUT2D eigenvalue weighted by Crippen LogP contribution is 2.25. The van der Waals surface area contributed by atoms with E-state index in [1.807, 2.05) is 4.68 Å². The molecule has 0 radical (unpaired) electrons. The van der Waals surface area contributed by atoms with Gasteiger partial charge < -0.3 is 9.64 Å². The molecule has 0 saturated heterocycles. The highest BCUT2D eigenvalue weighted by atomic mass is 16.5. The Labute approximate surface area is 170 Å². The molecule has 3 heterocycles. The third-order valence-corrected chi connectivity index (χ3v) is 5.10. The molecule has 29 heavy (non-hydrogen) atoms. The van der Waals surface area contributed by atoms with E-state index in [-0.39, 0.29) is 18.4 Å². The van der Waals surface area contributed by atoms with E-state index in [2.05, 4.69) is 29.5 Å². The van der Waals surface area contributed by atoms with Gasteiger partial charge in [-0.05, 0) is 25.7 Å². The Bertz CT molecular complexity index is 827. The number of nitrogens with zero attached hydrogens (tertiary/aromatic N) is 4. The van der Waals surface area contributed by atoms with E-state index in [0.29, 0.717) is 56.8 Å². The maximum Gasteiger partial charge on any atom is 0.359 e. The lowest BCUT2D eigenvalue weighted by Gasteiger charge is -2.28. The van der Waals surface area contributed by atoms with Gasteiger partial charge in [-0.25, -0.2) is 10.2 Å². The molecule has 0 bridgehead atoms. The molecule has 0 unspecified atom stereocenters. The number of rotatable bonds is 7. The average molecular weight is 403 g/mol. The van der Waals surface area contributed by atoms with Crippen LogP contribution in [0.2, 0.25) is 0 Å². The molecule has 2 amide bonds. The van der Waals surface area contributed by atoms with Crippen LogP contribution in [-0.2, 0) is 33.8 Å². The molecule has 1 aromatic heterocycles. The van der Waals surface area contributed by atoms with Crippen molar-refractivity contribution in [2.24, 2.45) is 11.0 Å². The number of carbonyl (C=O) groups excluding carboxylic acids is 3. The van der Waals surface area contributed by atoms with Gasteiger partial charge in [0, 0.05) is 55.9 Å². The van der Waals surface area contributed by atoms with Gasteiger partial charge in [-0.15, -0.1) is 0 Å². The van der Waals surface area contributed by atoms with Gasteiger partial charge in [0.1, 0.15) is 0 Å². The lowest BCUT2D eigenvalue weighted by atomic mass is 10.0. The molecule has 0 aliphatic carbocycles. The summed E-state index contributed by atoms with van der Waals surface area (Å²) in [5.41, 5.74) is 5.44. The van der Waals surface area contributed by atoms with Crippen LogP contribution >= 0.6 is 0 Å². The molecule has 9 heteroatoms. The number of nitrogens with one attached hydrogen (secondary N) is 1. The van der Waals surface area contributed by atoms with Crippen LogP contribution in [0.4, 0.5) is 0 Å². The minimum absolute atomic E-state index is 0.0154. The van der Waals surface area contributed by atoms with Crippen molar-refractivity contribution in [1.29, 1.82) is 0 Å². The second kappa shape index (κ2) is 9.19. The standard InChI is InChI=1S/C20H29N5O4/c1-4-29-20(28)19-15-12-24(10-9-16(15)25(23-19)11-13(2)3)18(27)8-6-14-5-7-17(26)22-21-14/h13H,4-12H2,1-3H3,(H,22,26). The van der Waals surface area contributed by atoms with Crippen LogP contribution in [0.5, 0.6) is 0 Å². The molecule has 2 aliphatic rings. The number of hydrogen-bond acceptors (Lipinski definition) is 6. The van der Waals surface area contributed by atoms with Crippen molar-refractivity contribution < 1.29 is 19.1 Å². The summed E-state index contributed by atoms with van der Waals surface area (Å²) in [7, 11) is 0. The van der Waals surface area contributed by atoms with Crippen LogP contribution in [0.3, 0.4) is 0 Å². The average Bonchev–Trinajstić information content (AvgIpc) is 3.04. The fourth-order valence-electron chi connectivity index (χ4n) is 3.67. The number of amides is 2. The molecular formula is C20H29N5O4. The fraction of sp³-hybridized carbons (Fsp3) is 0.650. The monoisotopic (exact) mass is 403 g/mol. The first-order chi connectivity index (χ1) is 13.9. The molecule has 2 aliphatic heterocycles. The van der Waals surface area contributed by atoms with E-state index >= 15 is 0 Å². The number of esters is 1. The smallest absolute Gasteiger partial charge is 0.359 e. The number of carbonyl (C=O) groups is 3. The van der Waals surface area contributed by atoms with Crippen molar-refractivity contribution in [3.8, 4) is 0 Å². The van der Waals surface area contributed by atoms with Gasteiger partial charge in [-0.1, -0.05) is 13.8 Å². The first-order valence-electron chi connectivity index (χ1n) is 10.3. The molecule has 0 spiro atoms. The number of aromatic nitrogens is 2. The predicted molar refractivity (Wildman–Crippen MR) is 106 cm³/mol. The Morgan fingerprint density at radius 2 is 2.03 bits per heavy atom. The molecule has 1 N–H and O–H groups in total. The third kappa shape index (κ3) is 5.02. The number of ether oxygens (including phenoxy) is 1. The summed E-state index contributed by atoms with van der Waals surface area (Å²) in [5.74, 6) is -0.117.